The van der Waals surface area contributed by atoms with Gasteiger partial charge in [0.05, 0.1) is 4.90 Å². The van der Waals surface area contributed by atoms with Crippen molar-refractivity contribution < 1.29 is 8.42 Å². The van der Waals surface area contributed by atoms with Crippen LogP contribution in [0.25, 0.3) is 0 Å². The van der Waals surface area contributed by atoms with Crippen LogP contribution in [0.2, 0.25) is 0 Å². The molecule has 2 atom stereocenters. The van der Waals surface area contributed by atoms with E-state index in [0.717, 1.165) is 5.56 Å². The minimum absolute atomic E-state index is 0.105. The van der Waals surface area contributed by atoms with Crippen molar-refractivity contribution in [2.75, 3.05) is 7.05 Å². The van der Waals surface area contributed by atoms with Crippen molar-refractivity contribution in [1.82, 2.24) is 4.31 Å². The van der Waals surface area contributed by atoms with Crippen LogP contribution in [0, 0.1) is 5.41 Å². The molecule has 1 aromatic carbocycles. The SMILES string of the molecule is CC(N)c1cccc(S(=O)(=O)N(C)C(C)C(C)(C)C)c1. The second kappa shape index (κ2) is 5.84. The fourth-order valence-corrected chi connectivity index (χ4v) is 3.48. The van der Waals surface area contributed by atoms with Gasteiger partial charge in [0.2, 0.25) is 10.0 Å². The van der Waals surface area contributed by atoms with E-state index in [-0.39, 0.29) is 17.5 Å². The molecule has 2 N–H and O–H groups in total. The van der Waals surface area contributed by atoms with Gasteiger partial charge in [-0.15, -0.1) is 0 Å². The van der Waals surface area contributed by atoms with Crippen LogP contribution < -0.4 is 5.73 Å². The van der Waals surface area contributed by atoms with Gasteiger partial charge in [0.15, 0.2) is 0 Å². The third-order valence-electron chi connectivity index (χ3n) is 3.86. The van der Waals surface area contributed by atoms with Gasteiger partial charge in [0.1, 0.15) is 0 Å². The molecule has 0 fully saturated rings. The second-order valence-electron chi connectivity index (χ2n) is 6.42. The molecule has 1 aromatic rings. The van der Waals surface area contributed by atoms with Crippen molar-refractivity contribution in [3.05, 3.63) is 29.8 Å². The fourth-order valence-electron chi connectivity index (χ4n) is 1.88. The summed E-state index contributed by atoms with van der Waals surface area (Å²) in [5, 5.41) is 0. The highest BCUT2D eigenvalue weighted by molar-refractivity contribution is 7.89. The fraction of sp³-hybridized carbons (Fsp3) is 0.600. The van der Waals surface area contributed by atoms with E-state index in [4.69, 9.17) is 5.73 Å². The highest BCUT2D eigenvalue weighted by Gasteiger charge is 2.32. The molecule has 114 valence electrons. The Morgan fingerprint density at radius 2 is 1.75 bits per heavy atom. The molecule has 0 amide bonds. The average Bonchev–Trinajstić information content (AvgIpc) is 2.35. The molecule has 0 heterocycles. The highest BCUT2D eigenvalue weighted by Crippen LogP contribution is 2.28. The Morgan fingerprint density at radius 3 is 2.20 bits per heavy atom. The van der Waals surface area contributed by atoms with E-state index < -0.39 is 10.0 Å². The molecule has 0 bridgehead atoms. The van der Waals surface area contributed by atoms with Gasteiger partial charge in [-0.3, -0.25) is 0 Å². The molecule has 0 aliphatic heterocycles. The molecular weight excluding hydrogens is 272 g/mol. The zero-order chi connectivity index (χ0) is 15.7. The van der Waals surface area contributed by atoms with E-state index >= 15 is 0 Å². The predicted octanol–water partition coefficient (Wildman–Crippen LogP) is 2.76. The maximum atomic E-state index is 12.7. The van der Waals surface area contributed by atoms with Gasteiger partial charge in [0, 0.05) is 19.1 Å². The van der Waals surface area contributed by atoms with Crippen LogP contribution in [0.3, 0.4) is 0 Å². The molecule has 0 aliphatic carbocycles. The summed E-state index contributed by atoms with van der Waals surface area (Å²) in [6.45, 7) is 9.85. The van der Waals surface area contributed by atoms with Gasteiger partial charge in [-0.05, 0) is 37.0 Å². The van der Waals surface area contributed by atoms with Crippen LogP contribution >= 0.6 is 0 Å². The van der Waals surface area contributed by atoms with Crippen molar-refractivity contribution in [2.45, 2.75) is 51.6 Å². The van der Waals surface area contributed by atoms with Crippen LogP contribution in [0.15, 0.2) is 29.2 Å². The van der Waals surface area contributed by atoms with Gasteiger partial charge in [-0.25, -0.2) is 8.42 Å². The van der Waals surface area contributed by atoms with Crippen LogP contribution in [0.4, 0.5) is 0 Å². The molecule has 0 aromatic heterocycles. The Labute approximate surface area is 123 Å². The van der Waals surface area contributed by atoms with Crippen LogP contribution in [-0.2, 0) is 10.0 Å². The second-order valence-corrected chi connectivity index (χ2v) is 8.42. The molecule has 0 radical (unpaired) electrons. The van der Waals surface area contributed by atoms with Crippen molar-refractivity contribution in [3.8, 4) is 0 Å². The number of hydrogen-bond acceptors (Lipinski definition) is 3. The molecule has 0 spiro atoms. The van der Waals surface area contributed by atoms with Crippen molar-refractivity contribution in [2.24, 2.45) is 11.1 Å². The zero-order valence-corrected chi connectivity index (χ0v) is 14.0. The first-order valence-corrected chi connectivity index (χ1v) is 8.25. The van der Waals surface area contributed by atoms with E-state index in [2.05, 4.69) is 0 Å². The van der Waals surface area contributed by atoms with E-state index in [1.807, 2.05) is 40.7 Å². The quantitative estimate of drug-likeness (QED) is 0.929. The summed E-state index contributed by atoms with van der Waals surface area (Å²) in [6.07, 6.45) is 0. The average molecular weight is 298 g/mol. The number of nitrogens with two attached hydrogens (primary N) is 1. The van der Waals surface area contributed by atoms with E-state index in [0.29, 0.717) is 4.90 Å². The molecule has 4 nitrogen and oxygen atoms in total. The Balaban J connectivity index is 3.20. The van der Waals surface area contributed by atoms with Gasteiger partial charge in [-0.2, -0.15) is 4.31 Å². The predicted molar refractivity (Wildman–Crippen MR) is 82.9 cm³/mol. The molecule has 20 heavy (non-hydrogen) atoms. The molecule has 0 saturated carbocycles. The largest absolute Gasteiger partial charge is 0.324 e. The molecule has 0 saturated heterocycles. The Kier molecular flexibility index (Phi) is 5.00. The van der Waals surface area contributed by atoms with Gasteiger partial charge in [-0.1, -0.05) is 32.9 Å². The lowest BCUT2D eigenvalue weighted by Crippen LogP contribution is -2.42. The lowest BCUT2D eigenvalue weighted by Gasteiger charge is -2.34. The summed E-state index contributed by atoms with van der Waals surface area (Å²) in [5.74, 6) is 0. The standard InChI is InChI=1S/C15H26N2O2S/c1-11(16)13-8-7-9-14(10-13)20(18,19)17(6)12(2)15(3,4)5/h7-12H,16H2,1-6H3. The molecule has 1 rings (SSSR count). The van der Waals surface area contributed by atoms with E-state index in [1.165, 1.54) is 4.31 Å². The van der Waals surface area contributed by atoms with Gasteiger partial charge < -0.3 is 5.73 Å². The third kappa shape index (κ3) is 3.59. The van der Waals surface area contributed by atoms with Crippen molar-refractivity contribution in [3.63, 3.8) is 0 Å². The lowest BCUT2D eigenvalue weighted by atomic mass is 9.88. The molecular formula is C15H26N2O2S. The van der Waals surface area contributed by atoms with E-state index in [1.54, 1.807) is 25.2 Å². The van der Waals surface area contributed by atoms with Crippen LogP contribution in [0.1, 0.15) is 46.2 Å². The monoisotopic (exact) mass is 298 g/mol. The van der Waals surface area contributed by atoms with Gasteiger partial charge >= 0.3 is 0 Å². The minimum atomic E-state index is -3.50. The first-order valence-electron chi connectivity index (χ1n) is 6.81. The molecule has 2 unspecified atom stereocenters. The Hall–Kier alpha value is -0.910. The lowest BCUT2D eigenvalue weighted by molar-refractivity contribution is 0.216. The summed E-state index contributed by atoms with van der Waals surface area (Å²) >= 11 is 0. The third-order valence-corrected chi connectivity index (χ3v) is 5.78. The van der Waals surface area contributed by atoms with Crippen LogP contribution in [-0.4, -0.2) is 25.8 Å². The maximum Gasteiger partial charge on any atom is 0.243 e. The maximum absolute atomic E-state index is 12.7. The first-order chi connectivity index (χ1) is 8.98. The summed E-state index contributed by atoms with van der Waals surface area (Å²) in [7, 11) is -1.87. The topological polar surface area (TPSA) is 63.4 Å². The van der Waals surface area contributed by atoms with Crippen molar-refractivity contribution >= 4 is 10.0 Å². The number of benzene rings is 1. The number of hydrogen-bond donors (Lipinski definition) is 1. The summed E-state index contributed by atoms with van der Waals surface area (Å²) in [6, 6.07) is 6.57. The number of rotatable bonds is 4. The summed E-state index contributed by atoms with van der Waals surface area (Å²) in [5.41, 5.74) is 6.52. The molecule has 0 aliphatic rings. The first kappa shape index (κ1) is 17.1. The Bertz CT molecular complexity index is 559. The normalized spacial score (nSPS) is 16.2. The minimum Gasteiger partial charge on any atom is -0.324 e. The summed E-state index contributed by atoms with van der Waals surface area (Å²) < 4.78 is 26.8. The van der Waals surface area contributed by atoms with Gasteiger partial charge in [0.25, 0.3) is 0 Å². The van der Waals surface area contributed by atoms with Crippen LogP contribution in [0.5, 0.6) is 0 Å². The van der Waals surface area contributed by atoms with Crippen molar-refractivity contribution in [1.29, 1.82) is 0 Å². The van der Waals surface area contributed by atoms with E-state index in [9.17, 15) is 8.42 Å². The summed E-state index contributed by atoms with van der Waals surface area (Å²) in [4.78, 5) is 0.297. The Morgan fingerprint density at radius 1 is 1.20 bits per heavy atom. The molecule has 5 heteroatoms. The highest BCUT2D eigenvalue weighted by atomic mass is 32.2. The smallest absolute Gasteiger partial charge is 0.243 e. The number of sulfonamides is 1. The zero-order valence-electron chi connectivity index (χ0n) is 13.2. The number of nitrogens with zero attached hydrogens (tertiary/aromatic N) is 1.